The average Bonchev–Trinajstić information content (AvgIpc) is 2.58. The van der Waals surface area contributed by atoms with E-state index in [0.29, 0.717) is 12.8 Å². The van der Waals surface area contributed by atoms with Crippen LogP contribution in [0.4, 0.5) is 0 Å². The van der Waals surface area contributed by atoms with Gasteiger partial charge in [0.25, 0.3) is 0 Å². The van der Waals surface area contributed by atoms with Crippen molar-refractivity contribution in [2.24, 2.45) is 0 Å². The minimum absolute atomic E-state index is 0.0914. The molecule has 2 rings (SSSR count). The Morgan fingerprint density at radius 1 is 1.17 bits per heavy atom. The van der Waals surface area contributed by atoms with Crippen molar-refractivity contribution < 1.29 is 14.8 Å². The predicted octanol–water partition coefficient (Wildman–Crippen LogP) is 2.45. The van der Waals surface area contributed by atoms with E-state index in [1.54, 1.807) is 5.48 Å². The van der Waals surface area contributed by atoms with Crippen molar-refractivity contribution in [2.75, 3.05) is 13.1 Å². The molecule has 5 nitrogen and oxygen atoms in total. The van der Waals surface area contributed by atoms with Crippen LogP contribution >= 0.6 is 0 Å². The highest BCUT2D eigenvalue weighted by molar-refractivity contribution is 5.94. The molecule has 124 valence electrons. The number of nitrogens with one attached hydrogen (secondary N) is 1. The van der Waals surface area contributed by atoms with Gasteiger partial charge in [-0.2, -0.15) is 0 Å². The fourth-order valence-electron chi connectivity index (χ4n) is 2.82. The van der Waals surface area contributed by atoms with Crippen LogP contribution in [0.3, 0.4) is 0 Å². The van der Waals surface area contributed by atoms with E-state index in [9.17, 15) is 9.59 Å². The van der Waals surface area contributed by atoms with Gasteiger partial charge in [0.1, 0.15) is 0 Å². The second-order valence-corrected chi connectivity index (χ2v) is 5.79. The van der Waals surface area contributed by atoms with Crippen LogP contribution in [0.2, 0.25) is 0 Å². The molecule has 0 saturated heterocycles. The third-order valence-electron chi connectivity index (χ3n) is 4.06. The molecule has 0 unspecified atom stereocenters. The molecule has 23 heavy (non-hydrogen) atoms. The summed E-state index contributed by atoms with van der Waals surface area (Å²) in [6.07, 6.45) is 6.17. The molecule has 0 bridgehead atoms. The normalized spacial score (nSPS) is 14.6. The molecule has 0 spiro atoms. The van der Waals surface area contributed by atoms with Gasteiger partial charge in [0.15, 0.2) is 0 Å². The zero-order valence-electron chi connectivity index (χ0n) is 13.3. The summed E-state index contributed by atoms with van der Waals surface area (Å²) in [7, 11) is 0. The Morgan fingerprint density at radius 2 is 1.96 bits per heavy atom. The van der Waals surface area contributed by atoms with E-state index in [-0.39, 0.29) is 12.3 Å². The molecule has 1 aromatic carbocycles. The van der Waals surface area contributed by atoms with Crippen molar-refractivity contribution in [3.8, 4) is 0 Å². The molecule has 1 heterocycles. The van der Waals surface area contributed by atoms with Crippen molar-refractivity contribution in [3.63, 3.8) is 0 Å². The van der Waals surface area contributed by atoms with Crippen molar-refractivity contribution in [3.05, 3.63) is 47.5 Å². The Labute approximate surface area is 136 Å². The summed E-state index contributed by atoms with van der Waals surface area (Å²) in [5.41, 5.74) is 3.70. The zero-order chi connectivity index (χ0) is 16.5. The number of amides is 2. The second-order valence-electron chi connectivity index (χ2n) is 5.79. The fourth-order valence-corrected chi connectivity index (χ4v) is 2.82. The SMILES string of the molecule is O=C(CCCC1=CCCN(CCCc2ccccc2)C1=O)NO. The molecule has 1 aliphatic rings. The number of carbonyl (C=O) groups excluding carboxylic acids is 2. The highest BCUT2D eigenvalue weighted by Crippen LogP contribution is 2.18. The molecule has 0 saturated carbocycles. The summed E-state index contributed by atoms with van der Waals surface area (Å²) in [5.74, 6) is -0.317. The van der Waals surface area contributed by atoms with Gasteiger partial charge in [0, 0.05) is 25.1 Å². The van der Waals surface area contributed by atoms with E-state index >= 15 is 0 Å². The van der Waals surface area contributed by atoms with Gasteiger partial charge in [-0.05, 0) is 37.7 Å². The Hall–Kier alpha value is -2.14. The van der Waals surface area contributed by atoms with Crippen LogP contribution in [0.1, 0.15) is 37.7 Å². The van der Waals surface area contributed by atoms with E-state index in [4.69, 9.17) is 5.21 Å². The van der Waals surface area contributed by atoms with E-state index in [1.807, 2.05) is 29.2 Å². The lowest BCUT2D eigenvalue weighted by Gasteiger charge is -2.27. The lowest BCUT2D eigenvalue weighted by atomic mass is 10.0. The maximum atomic E-state index is 12.4. The van der Waals surface area contributed by atoms with E-state index < -0.39 is 5.91 Å². The molecule has 0 aromatic heterocycles. The van der Waals surface area contributed by atoms with Crippen LogP contribution in [0.15, 0.2) is 42.0 Å². The minimum atomic E-state index is -0.409. The first-order valence-corrected chi connectivity index (χ1v) is 8.16. The van der Waals surface area contributed by atoms with E-state index in [0.717, 1.165) is 37.9 Å². The predicted molar refractivity (Wildman–Crippen MR) is 87.8 cm³/mol. The quantitative estimate of drug-likeness (QED) is 0.572. The zero-order valence-corrected chi connectivity index (χ0v) is 13.3. The van der Waals surface area contributed by atoms with Gasteiger partial charge in [0.05, 0.1) is 0 Å². The smallest absolute Gasteiger partial charge is 0.249 e. The number of rotatable bonds is 8. The molecule has 0 aliphatic carbocycles. The van der Waals surface area contributed by atoms with Crippen LogP contribution < -0.4 is 5.48 Å². The summed E-state index contributed by atoms with van der Waals surface area (Å²) in [6, 6.07) is 10.3. The number of hydrogen-bond acceptors (Lipinski definition) is 3. The van der Waals surface area contributed by atoms with Crippen LogP contribution in [-0.4, -0.2) is 35.0 Å². The molecule has 2 amide bonds. The number of nitrogens with zero attached hydrogens (tertiary/aromatic N) is 1. The monoisotopic (exact) mass is 316 g/mol. The van der Waals surface area contributed by atoms with Crippen molar-refractivity contribution in [2.45, 2.75) is 38.5 Å². The topological polar surface area (TPSA) is 69.6 Å². The lowest BCUT2D eigenvalue weighted by Crippen LogP contribution is -2.36. The lowest BCUT2D eigenvalue weighted by molar-refractivity contribution is -0.130. The molecular formula is C18H24N2O3. The summed E-state index contributed by atoms with van der Waals surface area (Å²) in [6.45, 7) is 1.54. The van der Waals surface area contributed by atoms with Crippen LogP contribution in [-0.2, 0) is 16.0 Å². The molecule has 1 aliphatic heterocycles. The van der Waals surface area contributed by atoms with Gasteiger partial charge >= 0.3 is 0 Å². The van der Waals surface area contributed by atoms with Crippen LogP contribution in [0, 0.1) is 0 Å². The first kappa shape index (κ1) is 17.2. The molecule has 0 atom stereocenters. The van der Waals surface area contributed by atoms with Gasteiger partial charge < -0.3 is 4.90 Å². The fraction of sp³-hybridized carbons (Fsp3) is 0.444. The molecule has 1 aromatic rings. The summed E-state index contributed by atoms with van der Waals surface area (Å²) in [4.78, 5) is 25.3. The second kappa shape index (κ2) is 9.10. The van der Waals surface area contributed by atoms with Crippen LogP contribution in [0.5, 0.6) is 0 Å². The first-order chi connectivity index (χ1) is 11.2. The van der Waals surface area contributed by atoms with Gasteiger partial charge in [-0.1, -0.05) is 36.4 Å². The Morgan fingerprint density at radius 3 is 2.70 bits per heavy atom. The summed E-state index contributed by atoms with van der Waals surface area (Å²) in [5, 5.41) is 8.47. The third kappa shape index (κ3) is 5.53. The highest BCUT2D eigenvalue weighted by Gasteiger charge is 2.21. The van der Waals surface area contributed by atoms with Gasteiger partial charge in [0.2, 0.25) is 11.8 Å². The number of carbonyl (C=O) groups is 2. The maximum absolute atomic E-state index is 12.4. The van der Waals surface area contributed by atoms with Crippen LogP contribution in [0.25, 0.3) is 0 Å². The van der Waals surface area contributed by atoms with Gasteiger partial charge in [-0.25, -0.2) is 5.48 Å². The van der Waals surface area contributed by atoms with Crippen molar-refractivity contribution in [1.29, 1.82) is 0 Å². The van der Waals surface area contributed by atoms with E-state index in [2.05, 4.69) is 12.1 Å². The molecule has 2 N–H and O–H groups in total. The van der Waals surface area contributed by atoms with Gasteiger partial charge in [-0.15, -0.1) is 0 Å². The number of hydrogen-bond donors (Lipinski definition) is 2. The van der Waals surface area contributed by atoms with Crippen molar-refractivity contribution in [1.82, 2.24) is 10.4 Å². The number of hydroxylamine groups is 1. The standard InChI is InChI=1S/C18H24N2O3/c21-17(19-23)12-4-10-16-11-6-14-20(18(16)22)13-5-9-15-7-2-1-3-8-15/h1-3,7-8,11,23H,4-6,9-10,12-14H2,(H,19,21). The third-order valence-corrected chi connectivity index (χ3v) is 4.06. The molecule has 0 fully saturated rings. The molecule has 0 radical (unpaired) electrons. The Bertz CT molecular complexity index is 555. The largest absolute Gasteiger partial charge is 0.339 e. The first-order valence-electron chi connectivity index (χ1n) is 8.16. The minimum Gasteiger partial charge on any atom is -0.339 e. The maximum Gasteiger partial charge on any atom is 0.249 e. The molecular weight excluding hydrogens is 292 g/mol. The van der Waals surface area contributed by atoms with Crippen molar-refractivity contribution >= 4 is 11.8 Å². The molecule has 5 heteroatoms. The summed E-state index contributed by atoms with van der Waals surface area (Å²) < 4.78 is 0. The number of benzene rings is 1. The Kier molecular flexibility index (Phi) is 6.81. The average molecular weight is 316 g/mol. The number of aryl methyl sites for hydroxylation is 1. The van der Waals surface area contributed by atoms with E-state index in [1.165, 1.54) is 5.56 Å². The highest BCUT2D eigenvalue weighted by atomic mass is 16.5. The Balaban J connectivity index is 1.75. The van der Waals surface area contributed by atoms with Gasteiger partial charge in [-0.3, -0.25) is 14.8 Å². The summed E-state index contributed by atoms with van der Waals surface area (Å²) >= 11 is 0.